The minimum absolute atomic E-state index is 0.707. The number of likely N-dealkylation sites (N-methyl/N-ethyl adjacent to an activating group) is 2. The lowest BCUT2D eigenvalue weighted by Crippen LogP contribution is -2.51. The number of unbranched alkanes of at least 4 members (excludes halogenated alkanes) is 3. The van der Waals surface area contributed by atoms with Crippen LogP contribution in [0.2, 0.25) is 0 Å². The average molecular weight is 523 g/mol. The molecule has 2 aliphatic heterocycles. The minimum Gasteiger partial charge on any atom is -0.399 e. The lowest BCUT2D eigenvalue weighted by molar-refractivity contribution is -0.913. The van der Waals surface area contributed by atoms with Crippen LogP contribution in [0.15, 0.2) is 36.4 Å². The maximum atomic E-state index is 6.04. The Morgan fingerprint density at radius 3 is 1.42 bits per heavy atom. The van der Waals surface area contributed by atoms with Crippen molar-refractivity contribution in [1.29, 1.82) is 0 Å². The second-order valence-corrected chi connectivity index (χ2v) is 13.3. The summed E-state index contributed by atoms with van der Waals surface area (Å²) in [5.74, 6) is 0. The molecule has 210 valence electrons. The van der Waals surface area contributed by atoms with Crippen molar-refractivity contribution >= 4 is 22.7 Å². The number of nitrogen functional groups attached to an aromatic ring is 2. The first-order valence-corrected chi connectivity index (χ1v) is 14.8. The van der Waals surface area contributed by atoms with E-state index in [1.165, 1.54) is 74.1 Å². The van der Waals surface area contributed by atoms with Gasteiger partial charge in [-0.25, -0.2) is 0 Å². The van der Waals surface area contributed by atoms with Crippen molar-refractivity contribution < 1.29 is 8.97 Å². The van der Waals surface area contributed by atoms with E-state index in [-0.39, 0.29) is 0 Å². The number of anilines is 4. The topological polar surface area (TPSA) is 58.5 Å². The second kappa shape index (κ2) is 11.7. The number of rotatable bonds is 11. The summed E-state index contributed by atoms with van der Waals surface area (Å²) in [4.78, 5) is 5.10. The standard InChI is InChI=1S/C32H54N6/c1-25-21-27(11-13-31(25)33)35-17-15-29(23-35)37(3,4)19-9-7-8-10-20-38(5,6)30-16-18-36(24-30)28-12-14-32(34)26(2)22-28/h11-14,21-22,29-30H,7-10,15-20,23-24,33-34H2,1-6H3/q+2. The summed E-state index contributed by atoms with van der Waals surface area (Å²) in [6.07, 6.45) is 7.89. The van der Waals surface area contributed by atoms with Gasteiger partial charge in [-0.15, -0.1) is 0 Å². The van der Waals surface area contributed by atoms with Gasteiger partial charge in [0, 0.05) is 48.7 Å². The number of quaternary nitrogens is 2. The van der Waals surface area contributed by atoms with Crippen LogP contribution >= 0.6 is 0 Å². The van der Waals surface area contributed by atoms with E-state index in [9.17, 15) is 0 Å². The fourth-order valence-electron chi connectivity index (χ4n) is 6.56. The molecule has 38 heavy (non-hydrogen) atoms. The normalized spacial score (nSPS) is 20.5. The Hall–Kier alpha value is -2.44. The van der Waals surface area contributed by atoms with Crippen molar-refractivity contribution in [3.63, 3.8) is 0 Å². The van der Waals surface area contributed by atoms with Crippen LogP contribution in [0.5, 0.6) is 0 Å². The van der Waals surface area contributed by atoms with Gasteiger partial charge in [-0.1, -0.05) is 0 Å². The summed E-state index contributed by atoms with van der Waals surface area (Å²) >= 11 is 0. The maximum absolute atomic E-state index is 6.04. The highest BCUT2D eigenvalue weighted by Crippen LogP contribution is 2.29. The Morgan fingerprint density at radius 2 is 1.05 bits per heavy atom. The Kier molecular flexibility index (Phi) is 8.83. The summed E-state index contributed by atoms with van der Waals surface area (Å²) in [5, 5.41) is 0. The van der Waals surface area contributed by atoms with E-state index in [4.69, 9.17) is 11.5 Å². The first-order chi connectivity index (χ1) is 18.0. The Balaban J connectivity index is 1.15. The molecule has 0 saturated carbocycles. The third kappa shape index (κ3) is 6.76. The van der Waals surface area contributed by atoms with Crippen LogP contribution < -0.4 is 21.3 Å². The first kappa shape index (κ1) is 28.6. The highest BCUT2D eigenvalue weighted by atomic mass is 15.4. The number of hydrogen-bond donors (Lipinski definition) is 2. The largest absolute Gasteiger partial charge is 0.399 e. The van der Waals surface area contributed by atoms with Gasteiger partial charge in [0.2, 0.25) is 0 Å². The van der Waals surface area contributed by atoms with Crippen LogP contribution in [0.3, 0.4) is 0 Å². The SMILES string of the molecule is Cc1cc(N2CCC([N+](C)(C)CCCCCC[N+](C)(C)C3CCN(c4ccc(N)c(C)c4)C3)C2)ccc1N. The molecule has 2 aromatic carbocycles. The highest BCUT2D eigenvalue weighted by molar-refractivity contribution is 5.59. The van der Waals surface area contributed by atoms with Gasteiger partial charge >= 0.3 is 0 Å². The fraction of sp³-hybridized carbons (Fsp3) is 0.625. The monoisotopic (exact) mass is 522 g/mol. The summed E-state index contributed by atoms with van der Waals surface area (Å²) in [5.41, 5.74) is 18.9. The fourth-order valence-corrected chi connectivity index (χ4v) is 6.56. The Bertz CT molecular complexity index is 992. The van der Waals surface area contributed by atoms with Gasteiger partial charge in [0.05, 0.1) is 54.4 Å². The van der Waals surface area contributed by atoms with Crippen molar-refractivity contribution in [3.8, 4) is 0 Å². The molecule has 4 rings (SSSR count). The highest BCUT2D eigenvalue weighted by Gasteiger charge is 2.36. The lowest BCUT2D eigenvalue weighted by Gasteiger charge is -2.37. The van der Waals surface area contributed by atoms with Gasteiger partial charge in [-0.2, -0.15) is 0 Å². The van der Waals surface area contributed by atoms with Crippen molar-refractivity contribution in [1.82, 2.24) is 0 Å². The Morgan fingerprint density at radius 1 is 0.658 bits per heavy atom. The summed E-state index contributed by atoms with van der Waals surface area (Å²) in [6.45, 7) is 11.4. The van der Waals surface area contributed by atoms with Crippen LogP contribution in [-0.4, -0.2) is 88.5 Å². The van der Waals surface area contributed by atoms with Gasteiger partial charge in [0.1, 0.15) is 12.1 Å². The molecule has 6 heteroatoms. The second-order valence-electron chi connectivity index (χ2n) is 13.3. The van der Waals surface area contributed by atoms with E-state index >= 15 is 0 Å². The van der Waals surface area contributed by atoms with Crippen molar-refractivity contribution in [2.45, 2.75) is 64.5 Å². The summed E-state index contributed by atoms with van der Waals surface area (Å²) in [6, 6.07) is 14.4. The number of nitrogens with zero attached hydrogens (tertiary/aromatic N) is 4. The molecule has 0 aromatic heterocycles. The van der Waals surface area contributed by atoms with E-state index in [1.807, 2.05) is 0 Å². The molecule has 2 atom stereocenters. The molecule has 0 aliphatic carbocycles. The van der Waals surface area contributed by atoms with Crippen LogP contribution in [-0.2, 0) is 0 Å². The summed E-state index contributed by atoms with van der Waals surface area (Å²) in [7, 11) is 9.77. The van der Waals surface area contributed by atoms with Gasteiger partial charge < -0.3 is 30.2 Å². The molecule has 4 N–H and O–H groups in total. The lowest BCUT2D eigenvalue weighted by atomic mass is 10.1. The molecule has 2 fully saturated rings. The third-order valence-corrected chi connectivity index (χ3v) is 9.76. The molecule has 6 nitrogen and oxygen atoms in total. The molecule has 0 spiro atoms. The minimum atomic E-state index is 0.707. The zero-order valence-electron chi connectivity index (χ0n) is 25.0. The van der Waals surface area contributed by atoms with E-state index in [1.54, 1.807) is 0 Å². The van der Waals surface area contributed by atoms with E-state index in [0.717, 1.165) is 46.5 Å². The molecular weight excluding hydrogens is 468 g/mol. The van der Waals surface area contributed by atoms with Crippen molar-refractivity contribution in [2.75, 3.05) is 88.7 Å². The predicted octanol–water partition coefficient (Wildman–Crippen LogP) is 5.04. The number of benzene rings is 2. The zero-order chi connectivity index (χ0) is 27.5. The van der Waals surface area contributed by atoms with Crippen LogP contribution in [0.25, 0.3) is 0 Å². The van der Waals surface area contributed by atoms with E-state index in [2.05, 4.69) is 88.2 Å². The zero-order valence-corrected chi connectivity index (χ0v) is 25.0. The van der Waals surface area contributed by atoms with Crippen LogP contribution in [0.1, 0.15) is 49.7 Å². The quantitative estimate of drug-likeness (QED) is 0.247. The van der Waals surface area contributed by atoms with Crippen molar-refractivity contribution in [3.05, 3.63) is 47.5 Å². The smallest absolute Gasteiger partial charge is 0.108 e. The van der Waals surface area contributed by atoms with Gasteiger partial charge in [-0.05, 0) is 87.1 Å². The first-order valence-electron chi connectivity index (χ1n) is 14.8. The maximum Gasteiger partial charge on any atom is 0.108 e. The Labute approximate surface area is 232 Å². The molecule has 2 saturated heterocycles. The molecule has 2 heterocycles. The molecule has 0 bridgehead atoms. The summed E-state index contributed by atoms with van der Waals surface area (Å²) < 4.78 is 2.27. The molecule has 2 aliphatic rings. The van der Waals surface area contributed by atoms with Gasteiger partial charge in [-0.3, -0.25) is 0 Å². The predicted molar refractivity (Wildman–Crippen MR) is 165 cm³/mol. The number of nitrogens with two attached hydrogens (primary N) is 2. The van der Waals surface area contributed by atoms with Crippen molar-refractivity contribution in [2.24, 2.45) is 0 Å². The van der Waals surface area contributed by atoms with Gasteiger partial charge in [0.25, 0.3) is 0 Å². The molecular formula is C32H54N6+2. The third-order valence-electron chi connectivity index (χ3n) is 9.76. The van der Waals surface area contributed by atoms with Crippen LogP contribution in [0, 0.1) is 13.8 Å². The molecule has 0 radical (unpaired) electrons. The number of hydrogen-bond acceptors (Lipinski definition) is 4. The van der Waals surface area contributed by atoms with Crippen LogP contribution in [0.4, 0.5) is 22.7 Å². The molecule has 0 amide bonds. The van der Waals surface area contributed by atoms with E-state index in [0.29, 0.717) is 12.1 Å². The average Bonchev–Trinajstić information content (AvgIpc) is 3.56. The van der Waals surface area contributed by atoms with Gasteiger partial charge in [0.15, 0.2) is 0 Å². The van der Waals surface area contributed by atoms with E-state index < -0.39 is 0 Å². The number of aryl methyl sites for hydroxylation is 2. The molecule has 2 aromatic rings. The molecule has 2 unspecified atom stereocenters.